The topological polar surface area (TPSA) is 91.5 Å². The number of fused-ring (bicyclic) bond motifs is 1. The second kappa shape index (κ2) is 6.56. The number of nitrogens with one attached hydrogen (secondary N) is 1. The number of ether oxygens (including phenoxy) is 3. The molecule has 0 unspecified atom stereocenters. The molecular weight excluding hydrogens is 320 g/mol. The molecule has 0 atom stereocenters. The SMILES string of the molecule is Nc1c(NCc2ccc3c(c2)OCO3)ncnc1Oc1ccccc1. The van der Waals surface area contributed by atoms with E-state index < -0.39 is 0 Å². The van der Waals surface area contributed by atoms with Crippen molar-refractivity contribution in [1.29, 1.82) is 0 Å². The van der Waals surface area contributed by atoms with E-state index in [9.17, 15) is 0 Å². The Kier molecular flexibility index (Phi) is 3.96. The van der Waals surface area contributed by atoms with Gasteiger partial charge in [-0.05, 0) is 29.8 Å². The molecule has 7 heteroatoms. The summed E-state index contributed by atoms with van der Waals surface area (Å²) in [7, 11) is 0. The summed E-state index contributed by atoms with van der Waals surface area (Å²) < 4.78 is 16.4. The molecule has 0 spiro atoms. The molecule has 2 aromatic carbocycles. The van der Waals surface area contributed by atoms with Gasteiger partial charge in [-0.2, -0.15) is 4.98 Å². The summed E-state index contributed by atoms with van der Waals surface area (Å²) in [5.74, 6) is 2.98. The summed E-state index contributed by atoms with van der Waals surface area (Å²) >= 11 is 0. The number of anilines is 2. The highest BCUT2D eigenvalue weighted by molar-refractivity contribution is 5.67. The first-order valence-corrected chi connectivity index (χ1v) is 7.75. The van der Waals surface area contributed by atoms with Crippen molar-refractivity contribution in [2.45, 2.75) is 6.54 Å². The van der Waals surface area contributed by atoms with Gasteiger partial charge in [0.25, 0.3) is 0 Å². The Morgan fingerprint density at radius 1 is 1.04 bits per heavy atom. The van der Waals surface area contributed by atoms with Crippen LogP contribution in [0.15, 0.2) is 54.9 Å². The zero-order chi connectivity index (χ0) is 17.1. The van der Waals surface area contributed by atoms with Crippen molar-refractivity contribution in [3.63, 3.8) is 0 Å². The molecule has 0 bridgehead atoms. The number of nitrogen functional groups attached to an aromatic ring is 1. The van der Waals surface area contributed by atoms with Gasteiger partial charge in [0.2, 0.25) is 12.7 Å². The minimum absolute atomic E-state index is 0.255. The predicted molar refractivity (Wildman–Crippen MR) is 92.9 cm³/mol. The summed E-state index contributed by atoms with van der Waals surface area (Å²) in [6, 6.07) is 15.1. The van der Waals surface area contributed by atoms with Gasteiger partial charge in [0.05, 0.1) is 0 Å². The number of hydrogen-bond donors (Lipinski definition) is 2. The lowest BCUT2D eigenvalue weighted by Crippen LogP contribution is -2.06. The van der Waals surface area contributed by atoms with Crippen LogP contribution in [0.2, 0.25) is 0 Å². The van der Waals surface area contributed by atoms with Crippen molar-refractivity contribution in [3.05, 3.63) is 60.4 Å². The molecule has 0 amide bonds. The van der Waals surface area contributed by atoms with Crippen LogP contribution in [0, 0.1) is 0 Å². The van der Waals surface area contributed by atoms with E-state index in [-0.39, 0.29) is 6.79 Å². The number of rotatable bonds is 5. The predicted octanol–water partition coefficient (Wildman–Crippen LogP) is 3.19. The second-order valence-corrected chi connectivity index (χ2v) is 5.40. The first-order valence-electron chi connectivity index (χ1n) is 7.75. The van der Waals surface area contributed by atoms with Crippen molar-refractivity contribution in [2.75, 3.05) is 17.8 Å². The van der Waals surface area contributed by atoms with Gasteiger partial charge in [-0.15, -0.1) is 0 Å². The van der Waals surface area contributed by atoms with Crippen LogP contribution in [0.25, 0.3) is 0 Å². The first-order chi connectivity index (χ1) is 12.3. The van der Waals surface area contributed by atoms with Gasteiger partial charge in [-0.3, -0.25) is 0 Å². The van der Waals surface area contributed by atoms with Crippen LogP contribution in [-0.4, -0.2) is 16.8 Å². The van der Waals surface area contributed by atoms with Crippen molar-refractivity contribution in [1.82, 2.24) is 9.97 Å². The van der Waals surface area contributed by atoms with Gasteiger partial charge in [-0.25, -0.2) is 4.98 Å². The van der Waals surface area contributed by atoms with Gasteiger partial charge in [-0.1, -0.05) is 24.3 Å². The van der Waals surface area contributed by atoms with Crippen LogP contribution >= 0.6 is 0 Å². The number of nitrogens with zero attached hydrogens (tertiary/aromatic N) is 2. The normalized spacial score (nSPS) is 12.0. The van der Waals surface area contributed by atoms with E-state index in [4.69, 9.17) is 19.9 Å². The quantitative estimate of drug-likeness (QED) is 0.739. The summed E-state index contributed by atoms with van der Waals surface area (Å²) in [6.07, 6.45) is 1.41. The van der Waals surface area contributed by atoms with Crippen molar-refractivity contribution in [3.8, 4) is 23.1 Å². The second-order valence-electron chi connectivity index (χ2n) is 5.40. The minimum atomic E-state index is 0.255. The smallest absolute Gasteiger partial charge is 0.248 e. The van der Waals surface area contributed by atoms with Crippen LogP contribution in [-0.2, 0) is 6.54 Å². The van der Waals surface area contributed by atoms with Gasteiger partial charge >= 0.3 is 0 Å². The highest BCUT2D eigenvalue weighted by atomic mass is 16.7. The molecule has 126 valence electrons. The van der Waals surface area contributed by atoms with E-state index in [0.29, 0.717) is 29.7 Å². The lowest BCUT2D eigenvalue weighted by Gasteiger charge is -2.12. The molecule has 0 fully saturated rings. The Hall–Kier alpha value is -3.48. The van der Waals surface area contributed by atoms with Crippen LogP contribution in [0.5, 0.6) is 23.1 Å². The molecule has 0 aliphatic carbocycles. The average molecular weight is 336 g/mol. The molecule has 1 aromatic heterocycles. The monoisotopic (exact) mass is 336 g/mol. The molecular formula is C18H16N4O3. The Bertz CT molecular complexity index is 887. The lowest BCUT2D eigenvalue weighted by atomic mass is 10.2. The Morgan fingerprint density at radius 3 is 2.76 bits per heavy atom. The molecule has 3 aromatic rings. The lowest BCUT2D eigenvalue weighted by molar-refractivity contribution is 0.174. The van der Waals surface area contributed by atoms with Crippen molar-refractivity contribution >= 4 is 11.5 Å². The largest absolute Gasteiger partial charge is 0.454 e. The van der Waals surface area contributed by atoms with E-state index in [2.05, 4.69) is 15.3 Å². The maximum Gasteiger partial charge on any atom is 0.248 e. The van der Waals surface area contributed by atoms with Gasteiger partial charge in [0.1, 0.15) is 17.8 Å². The third-order valence-electron chi connectivity index (χ3n) is 3.70. The average Bonchev–Trinajstić information content (AvgIpc) is 3.11. The Labute approximate surface area is 144 Å². The molecule has 1 aliphatic heterocycles. The van der Waals surface area contributed by atoms with E-state index in [1.54, 1.807) is 0 Å². The van der Waals surface area contributed by atoms with Crippen LogP contribution in [0.4, 0.5) is 11.5 Å². The fraction of sp³-hybridized carbons (Fsp3) is 0.111. The minimum Gasteiger partial charge on any atom is -0.454 e. The van der Waals surface area contributed by atoms with E-state index in [0.717, 1.165) is 17.1 Å². The zero-order valence-electron chi connectivity index (χ0n) is 13.3. The van der Waals surface area contributed by atoms with E-state index in [1.165, 1.54) is 6.33 Å². The van der Waals surface area contributed by atoms with Gasteiger partial charge < -0.3 is 25.3 Å². The summed E-state index contributed by atoms with van der Waals surface area (Å²) in [4.78, 5) is 8.29. The van der Waals surface area contributed by atoms with Gasteiger partial charge in [0, 0.05) is 6.54 Å². The van der Waals surface area contributed by atoms with Crippen LogP contribution < -0.4 is 25.3 Å². The molecule has 2 heterocycles. The maximum absolute atomic E-state index is 6.13. The van der Waals surface area contributed by atoms with E-state index >= 15 is 0 Å². The molecule has 7 nitrogen and oxygen atoms in total. The molecule has 0 radical (unpaired) electrons. The third-order valence-corrected chi connectivity index (χ3v) is 3.70. The van der Waals surface area contributed by atoms with Gasteiger partial charge in [0.15, 0.2) is 17.3 Å². The molecule has 0 saturated carbocycles. The van der Waals surface area contributed by atoms with E-state index in [1.807, 2.05) is 48.5 Å². The van der Waals surface area contributed by atoms with Crippen molar-refractivity contribution in [2.24, 2.45) is 0 Å². The Morgan fingerprint density at radius 2 is 1.88 bits per heavy atom. The third kappa shape index (κ3) is 3.25. The summed E-state index contributed by atoms with van der Waals surface area (Å²) in [6.45, 7) is 0.786. The molecule has 1 aliphatic rings. The Balaban J connectivity index is 1.48. The number of hydrogen-bond acceptors (Lipinski definition) is 7. The molecule has 3 N–H and O–H groups in total. The van der Waals surface area contributed by atoms with Crippen molar-refractivity contribution < 1.29 is 14.2 Å². The van der Waals surface area contributed by atoms with Crippen LogP contribution in [0.3, 0.4) is 0 Å². The molecule has 4 rings (SSSR count). The standard InChI is InChI=1S/C18H16N4O3/c19-16-17(20-9-12-6-7-14-15(8-12)24-11-23-14)21-10-22-18(16)25-13-4-2-1-3-5-13/h1-8,10H,9,11,19H2,(H,20,21,22). The number of benzene rings is 2. The van der Waals surface area contributed by atoms with Crippen LogP contribution in [0.1, 0.15) is 5.56 Å². The number of aromatic nitrogens is 2. The summed E-state index contributed by atoms with van der Waals surface area (Å²) in [5, 5.41) is 3.19. The number of para-hydroxylation sites is 1. The highest BCUT2D eigenvalue weighted by Crippen LogP contribution is 2.33. The molecule has 0 saturated heterocycles. The first kappa shape index (κ1) is 15.1. The zero-order valence-corrected chi connectivity index (χ0v) is 13.3. The molecule has 25 heavy (non-hydrogen) atoms. The fourth-order valence-electron chi connectivity index (χ4n) is 2.44. The fourth-order valence-corrected chi connectivity index (χ4v) is 2.44. The highest BCUT2D eigenvalue weighted by Gasteiger charge is 2.14. The maximum atomic E-state index is 6.13. The number of nitrogens with two attached hydrogens (primary N) is 1. The summed E-state index contributed by atoms with van der Waals surface area (Å²) in [5.41, 5.74) is 7.50.